The van der Waals surface area contributed by atoms with Crippen molar-refractivity contribution in [3.8, 4) is 5.75 Å². The number of hydrogen-bond donors (Lipinski definition) is 1. The molecular weight excluding hydrogens is 370 g/mol. The standard InChI is InChI=1S/C23H39NO3S/c1-5-6-15-27-21-14-13-20(22(24)16-21)12-11-18-7-9-19(10-8-18)17-28(25,26)23(2,3)4/h13-14,16,18-19H,5-12,15,17,24H2,1-4H3. The Hall–Kier alpha value is -1.23. The molecule has 1 aromatic carbocycles. The molecule has 0 aliphatic heterocycles. The summed E-state index contributed by atoms with van der Waals surface area (Å²) in [6.45, 7) is 8.30. The van der Waals surface area contributed by atoms with Crippen LogP contribution in [0.25, 0.3) is 0 Å². The van der Waals surface area contributed by atoms with E-state index in [0.29, 0.717) is 17.6 Å². The van der Waals surface area contributed by atoms with Crippen molar-refractivity contribution in [1.29, 1.82) is 0 Å². The monoisotopic (exact) mass is 409 g/mol. The van der Waals surface area contributed by atoms with Crippen LogP contribution < -0.4 is 10.5 Å². The van der Waals surface area contributed by atoms with Gasteiger partial charge in [-0.1, -0.05) is 32.3 Å². The number of rotatable bonds is 9. The van der Waals surface area contributed by atoms with Crippen LogP contribution in [-0.4, -0.2) is 25.5 Å². The third kappa shape index (κ3) is 6.68. The van der Waals surface area contributed by atoms with Gasteiger partial charge in [-0.25, -0.2) is 8.42 Å². The Morgan fingerprint density at radius 3 is 2.32 bits per heavy atom. The molecule has 0 amide bonds. The SMILES string of the molecule is CCCCOc1ccc(CCC2CCC(CS(=O)(=O)C(C)(C)C)CC2)c(N)c1. The largest absolute Gasteiger partial charge is 0.494 e. The zero-order chi connectivity index (χ0) is 20.8. The van der Waals surface area contributed by atoms with Crippen LogP contribution in [0.5, 0.6) is 5.75 Å². The van der Waals surface area contributed by atoms with Crippen molar-refractivity contribution in [2.75, 3.05) is 18.1 Å². The van der Waals surface area contributed by atoms with Crippen molar-refractivity contribution < 1.29 is 13.2 Å². The van der Waals surface area contributed by atoms with Crippen molar-refractivity contribution in [2.24, 2.45) is 11.8 Å². The molecule has 0 unspecified atom stereocenters. The lowest BCUT2D eigenvalue weighted by atomic mass is 9.80. The number of benzene rings is 1. The van der Waals surface area contributed by atoms with Crippen LogP contribution in [0, 0.1) is 11.8 Å². The van der Waals surface area contributed by atoms with Gasteiger partial charge in [-0.3, -0.25) is 0 Å². The molecule has 160 valence electrons. The fraction of sp³-hybridized carbons (Fsp3) is 0.739. The first kappa shape index (κ1) is 23.1. The lowest BCUT2D eigenvalue weighted by Crippen LogP contribution is -2.34. The summed E-state index contributed by atoms with van der Waals surface area (Å²) in [7, 11) is -3.02. The molecular formula is C23H39NO3S. The van der Waals surface area contributed by atoms with Crippen LogP contribution in [0.1, 0.15) is 78.2 Å². The van der Waals surface area contributed by atoms with Crippen LogP contribution in [0.3, 0.4) is 0 Å². The van der Waals surface area contributed by atoms with E-state index in [-0.39, 0.29) is 0 Å². The molecule has 5 heteroatoms. The number of ether oxygens (including phenoxy) is 1. The number of anilines is 1. The molecule has 28 heavy (non-hydrogen) atoms. The molecule has 0 aromatic heterocycles. The second-order valence-corrected chi connectivity index (χ2v) is 12.2. The van der Waals surface area contributed by atoms with E-state index in [4.69, 9.17) is 10.5 Å². The fourth-order valence-corrected chi connectivity index (χ4v) is 5.29. The minimum Gasteiger partial charge on any atom is -0.494 e. The molecule has 0 heterocycles. The van der Waals surface area contributed by atoms with Crippen molar-refractivity contribution in [1.82, 2.24) is 0 Å². The van der Waals surface area contributed by atoms with Gasteiger partial charge >= 0.3 is 0 Å². The van der Waals surface area contributed by atoms with E-state index in [1.165, 1.54) is 5.56 Å². The Kier molecular flexibility index (Phi) is 8.23. The average molecular weight is 410 g/mol. The second kappa shape index (κ2) is 10.00. The van der Waals surface area contributed by atoms with Gasteiger partial charge in [0.05, 0.1) is 17.1 Å². The highest BCUT2D eigenvalue weighted by atomic mass is 32.2. The summed E-state index contributed by atoms with van der Waals surface area (Å²) in [6, 6.07) is 6.06. The van der Waals surface area contributed by atoms with E-state index < -0.39 is 14.6 Å². The summed E-state index contributed by atoms with van der Waals surface area (Å²) in [5, 5.41) is 0. The van der Waals surface area contributed by atoms with Crippen molar-refractivity contribution >= 4 is 15.5 Å². The third-order valence-electron chi connectivity index (χ3n) is 6.06. The van der Waals surface area contributed by atoms with Crippen LogP contribution >= 0.6 is 0 Å². The normalized spacial score (nSPS) is 20.9. The molecule has 1 saturated carbocycles. The van der Waals surface area contributed by atoms with Crippen LogP contribution in [0.15, 0.2) is 18.2 Å². The van der Waals surface area contributed by atoms with E-state index in [1.807, 2.05) is 12.1 Å². The average Bonchev–Trinajstić information content (AvgIpc) is 2.61. The van der Waals surface area contributed by atoms with E-state index in [1.54, 1.807) is 20.8 Å². The molecule has 0 atom stereocenters. The smallest absolute Gasteiger partial charge is 0.155 e. The molecule has 1 fully saturated rings. The summed E-state index contributed by atoms with van der Waals surface area (Å²) >= 11 is 0. The molecule has 4 nitrogen and oxygen atoms in total. The molecule has 0 bridgehead atoms. The maximum Gasteiger partial charge on any atom is 0.155 e. The first-order valence-corrected chi connectivity index (χ1v) is 12.5. The van der Waals surface area contributed by atoms with Gasteiger partial charge in [0, 0.05) is 11.8 Å². The Labute approximate surface area is 172 Å². The van der Waals surface area contributed by atoms with Crippen LogP contribution in [-0.2, 0) is 16.3 Å². The minimum absolute atomic E-state index is 0.324. The number of aryl methyl sites for hydroxylation is 1. The van der Waals surface area contributed by atoms with Gasteiger partial charge < -0.3 is 10.5 Å². The highest BCUT2D eigenvalue weighted by Crippen LogP contribution is 2.34. The zero-order valence-electron chi connectivity index (χ0n) is 18.2. The van der Waals surface area contributed by atoms with Gasteiger partial charge in [-0.05, 0) is 76.3 Å². The number of nitrogen functional groups attached to an aromatic ring is 1. The molecule has 2 N–H and O–H groups in total. The van der Waals surface area contributed by atoms with Crippen molar-refractivity contribution in [2.45, 2.75) is 83.8 Å². The molecule has 1 aliphatic rings. The van der Waals surface area contributed by atoms with E-state index >= 15 is 0 Å². The Morgan fingerprint density at radius 2 is 1.75 bits per heavy atom. The third-order valence-corrected chi connectivity index (χ3v) is 8.84. The quantitative estimate of drug-likeness (QED) is 0.438. The maximum absolute atomic E-state index is 12.4. The lowest BCUT2D eigenvalue weighted by Gasteiger charge is -2.30. The minimum atomic E-state index is -3.02. The highest BCUT2D eigenvalue weighted by molar-refractivity contribution is 7.92. The zero-order valence-corrected chi connectivity index (χ0v) is 19.0. The number of unbranched alkanes of at least 4 members (excludes halogenated alkanes) is 1. The van der Waals surface area contributed by atoms with E-state index in [9.17, 15) is 8.42 Å². The van der Waals surface area contributed by atoms with Gasteiger partial charge in [-0.2, -0.15) is 0 Å². The fourth-order valence-electron chi connectivity index (χ4n) is 3.83. The van der Waals surface area contributed by atoms with Gasteiger partial charge in [0.25, 0.3) is 0 Å². The summed E-state index contributed by atoms with van der Waals surface area (Å²) in [4.78, 5) is 0. The second-order valence-electron chi connectivity index (χ2n) is 9.38. The summed E-state index contributed by atoms with van der Waals surface area (Å²) in [5.41, 5.74) is 8.24. The van der Waals surface area contributed by atoms with Crippen LogP contribution in [0.4, 0.5) is 5.69 Å². The first-order valence-electron chi connectivity index (χ1n) is 10.9. The van der Waals surface area contributed by atoms with Gasteiger partial charge in [0.15, 0.2) is 9.84 Å². The molecule has 0 spiro atoms. The van der Waals surface area contributed by atoms with Crippen molar-refractivity contribution in [3.05, 3.63) is 23.8 Å². The molecule has 1 aliphatic carbocycles. The predicted molar refractivity (Wildman–Crippen MR) is 119 cm³/mol. The first-order chi connectivity index (χ1) is 13.1. The molecule has 0 saturated heterocycles. The van der Waals surface area contributed by atoms with Gasteiger partial charge in [0.1, 0.15) is 5.75 Å². The van der Waals surface area contributed by atoms with Crippen LogP contribution in [0.2, 0.25) is 0 Å². The van der Waals surface area contributed by atoms with Gasteiger partial charge in [0.2, 0.25) is 0 Å². The van der Waals surface area contributed by atoms with Crippen molar-refractivity contribution in [3.63, 3.8) is 0 Å². The van der Waals surface area contributed by atoms with E-state index in [2.05, 4.69) is 13.0 Å². The Bertz CT molecular complexity index is 714. The lowest BCUT2D eigenvalue weighted by molar-refractivity contribution is 0.278. The maximum atomic E-state index is 12.4. The molecule has 1 aromatic rings. The number of sulfone groups is 1. The summed E-state index contributed by atoms with van der Waals surface area (Å²) < 4.78 is 30.0. The Balaban J connectivity index is 1.78. The predicted octanol–water partition coefficient (Wildman–Crippen LogP) is 5.40. The topological polar surface area (TPSA) is 69.4 Å². The number of nitrogens with two attached hydrogens (primary N) is 1. The summed E-state index contributed by atoms with van der Waals surface area (Å²) in [6.07, 6.45) is 8.60. The number of hydrogen-bond acceptors (Lipinski definition) is 4. The summed E-state index contributed by atoms with van der Waals surface area (Å²) in [5.74, 6) is 2.20. The highest BCUT2D eigenvalue weighted by Gasteiger charge is 2.33. The van der Waals surface area contributed by atoms with Gasteiger partial charge in [-0.15, -0.1) is 0 Å². The molecule has 0 radical (unpaired) electrons. The molecule has 2 rings (SSSR count). The van der Waals surface area contributed by atoms with E-state index in [0.717, 1.165) is 69.4 Å². The Morgan fingerprint density at radius 1 is 1.11 bits per heavy atom.